The molecular weight excluding hydrogens is 624 g/mol. The molecule has 6 nitrogen and oxygen atoms in total. The Labute approximate surface area is 310 Å². The van der Waals surface area contributed by atoms with Crippen LogP contribution in [0.4, 0.5) is 0 Å². The van der Waals surface area contributed by atoms with Crippen LogP contribution in [0.3, 0.4) is 0 Å². The zero-order valence-corrected chi connectivity index (χ0v) is 34.0. The SMILES string of the molecule is CCCCCCCCCCCCC(=O)O[C@H](COC(=O)CCCCCCCCCCCCC(C)C)COC(=O)CCCCCCCCC(C)C. The quantitative estimate of drug-likeness (QED) is 0.0361. The fourth-order valence-electron chi connectivity index (χ4n) is 6.40. The van der Waals surface area contributed by atoms with Gasteiger partial charge in [-0.15, -0.1) is 0 Å². The van der Waals surface area contributed by atoms with Crippen LogP contribution in [-0.2, 0) is 28.6 Å². The van der Waals surface area contributed by atoms with Gasteiger partial charge in [-0.2, -0.15) is 0 Å². The van der Waals surface area contributed by atoms with Crippen molar-refractivity contribution in [1.82, 2.24) is 0 Å². The van der Waals surface area contributed by atoms with Crippen molar-refractivity contribution >= 4 is 17.9 Å². The van der Waals surface area contributed by atoms with Crippen LogP contribution >= 0.6 is 0 Å². The predicted octanol–water partition coefficient (Wildman–Crippen LogP) is 13.4. The standard InChI is InChI=1S/C44H84O6/c1-6-7-8-9-10-11-15-19-26-31-36-44(47)50-41(38-49-43(46)35-30-25-21-20-23-28-33-40(4)5)37-48-42(45)34-29-24-18-16-13-12-14-17-22-27-32-39(2)3/h39-41H,6-38H2,1-5H3/t41-/m1/s1. The molecule has 0 fully saturated rings. The second kappa shape index (κ2) is 37.2. The molecule has 0 spiro atoms. The molecule has 0 aliphatic rings. The molecule has 0 unspecified atom stereocenters. The summed E-state index contributed by atoms with van der Waals surface area (Å²) in [5.41, 5.74) is 0. The molecule has 0 amide bonds. The third-order valence-electron chi connectivity index (χ3n) is 9.72. The van der Waals surface area contributed by atoms with Gasteiger partial charge in [-0.3, -0.25) is 14.4 Å². The van der Waals surface area contributed by atoms with Gasteiger partial charge in [-0.25, -0.2) is 0 Å². The molecule has 1 atom stereocenters. The lowest BCUT2D eigenvalue weighted by atomic mass is 10.0. The van der Waals surface area contributed by atoms with Crippen LogP contribution in [0.15, 0.2) is 0 Å². The molecule has 0 aliphatic carbocycles. The number of rotatable bonds is 38. The maximum Gasteiger partial charge on any atom is 0.306 e. The van der Waals surface area contributed by atoms with Crippen molar-refractivity contribution < 1.29 is 28.6 Å². The number of carbonyl (C=O) groups excluding carboxylic acids is 3. The number of hydrogen-bond acceptors (Lipinski definition) is 6. The molecular formula is C44H84O6. The van der Waals surface area contributed by atoms with Crippen molar-refractivity contribution in [2.45, 2.75) is 240 Å². The van der Waals surface area contributed by atoms with Crippen LogP contribution in [0.25, 0.3) is 0 Å². The van der Waals surface area contributed by atoms with E-state index in [0.29, 0.717) is 19.3 Å². The first-order valence-electron chi connectivity index (χ1n) is 21.7. The minimum atomic E-state index is -0.759. The first kappa shape index (κ1) is 48.4. The van der Waals surface area contributed by atoms with Gasteiger partial charge in [0.25, 0.3) is 0 Å². The predicted molar refractivity (Wildman–Crippen MR) is 210 cm³/mol. The monoisotopic (exact) mass is 709 g/mol. The average molecular weight is 709 g/mol. The molecule has 0 heterocycles. The number of esters is 3. The molecule has 0 aromatic rings. The largest absolute Gasteiger partial charge is 0.462 e. The summed E-state index contributed by atoms with van der Waals surface area (Å²) >= 11 is 0. The lowest BCUT2D eigenvalue weighted by molar-refractivity contribution is -0.167. The van der Waals surface area contributed by atoms with Gasteiger partial charge < -0.3 is 14.2 Å². The van der Waals surface area contributed by atoms with Crippen LogP contribution in [0.2, 0.25) is 0 Å². The van der Waals surface area contributed by atoms with Gasteiger partial charge in [0.2, 0.25) is 0 Å². The molecule has 0 saturated heterocycles. The zero-order valence-electron chi connectivity index (χ0n) is 34.0. The second-order valence-corrected chi connectivity index (χ2v) is 15.9. The Balaban J connectivity index is 4.32. The van der Waals surface area contributed by atoms with Gasteiger partial charge >= 0.3 is 17.9 Å². The fraction of sp³-hybridized carbons (Fsp3) is 0.932. The molecule has 0 aromatic carbocycles. The summed E-state index contributed by atoms with van der Waals surface area (Å²) in [6.07, 6.45) is 33.9. The minimum absolute atomic E-state index is 0.0660. The lowest BCUT2D eigenvalue weighted by Gasteiger charge is -2.18. The number of carbonyl (C=O) groups is 3. The van der Waals surface area contributed by atoms with Crippen molar-refractivity contribution in [3.63, 3.8) is 0 Å². The van der Waals surface area contributed by atoms with Crippen LogP contribution in [0, 0.1) is 11.8 Å². The molecule has 0 bridgehead atoms. The van der Waals surface area contributed by atoms with Crippen molar-refractivity contribution in [2.24, 2.45) is 11.8 Å². The maximum absolute atomic E-state index is 12.6. The second-order valence-electron chi connectivity index (χ2n) is 15.9. The molecule has 50 heavy (non-hydrogen) atoms. The van der Waals surface area contributed by atoms with Crippen LogP contribution in [-0.4, -0.2) is 37.2 Å². The van der Waals surface area contributed by atoms with E-state index in [0.717, 1.165) is 69.6 Å². The Hall–Kier alpha value is -1.59. The highest BCUT2D eigenvalue weighted by atomic mass is 16.6. The van der Waals surface area contributed by atoms with E-state index in [4.69, 9.17) is 14.2 Å². The Bertz CT molecular complexity index is 764. The normalized spacial score (nSPS) is 12.1. The molecule has 0 rings (SSSR count). The number of unbranched alkanes of at least 4 members (excludes halogenated alkanes) is 23. The van der Waals surface area contributed by atoms with Crippen molar-refractivity contribution in [2.75, 3.05) is 13.2 Å². The lowest BCUT2D eigenvalue weighted by Crippen LogP contribution is -2.30. The number of ether oxygens (including phenoxy) is 3. The van der Waals surface area contributed by atoms with Crippen LogP contribution < -0.4 is 0 Å². The minimum Gasteiger partial charge on any atom is -0.462 e. The van der Waals surface area contributed by atoms with Crippen molar-refractivity contribution in [3.05, 3.63) is 0 Å². The highest BCUT2D eigenvalue weighted by Gasteiger charge is 2.19. The van der Waals surface area contributed by atoms with E-state index in [1.807, 2.05) is 0 Å². The molecule has 0 aliphatic heterocycles. The molecule has 0 aromatic heterocycles. The van der Waals surface area contributed by atoms with E-state index >= 15 is 0 Å². The van der Waals surface area contributed by atoms with Gasteiger partial charge in [0.1, 0.15) is 13.2 Å². The Morgan fingerprint density at radius 1 is 0.380 bits per heavy atom. The molecule has 0 radical (unpaired) electrons. The first-order chi connectivity index (χ1) is 24.2. The third-order valence-corrected chi connectivity index (χ3v) is 9.72. The summed E-state index contributed by atoms with van der Waals surface area (Å²) in [5.74, 6) is 0.716. The first-order valence-corrected chi connectivity index (χ1v) is 21.7. The zero-order chi connectivity index (χ0) is 36.9. The van der Waals surface area contributed by atoms with E-state index in [9.17, 15) is 14.4 Å². The van der Waals surface area contributed by atoms with Crippen LogP contribution in [0.5, 0.6) is 0 Å². The van der Waals surface area contributed by atoms with Crippen LogP contribution in [0.1, 0.15) is 234 Å². The summed E-state index contributed by atoms with van der Waals surface area (Å²) in [5, 5.41) is 0. The Kier molecular flexibility index (Phi) is 36.0. The van der Waals surface area contributed by atoms with E-state index < -0.39 is 6.10 Å². The smallest absolute Gasteiger partial charge is 0.306 e. The van der Waals surface area contributed by atoms with Gasteiger partial charge in [-0.05, 0) is 31.1 Å². The highest BCUT2D eigenvalue weighted by molar-refractivity contribution is 5.71. The topological polar surface area (TPSA) is 78.9 Å². The molecule has 0 saturated carbocycles. The van der Waals surface area contributed by atoms with Gasteiger partial charge in [0.05, 0.1) is 0 Å². The summed E-state index contributed by atoms with van der Waals surface area (Å²) in [7, 11) is 0. The number of hydrogen-bond donors (Lipinski definition) is 0. The van der Waals surface area contributed by atoms with Gasteiger partial charge in [-0.1, -0.05) is 195 Å². The Morgan fingerprint density at radius 2 is 0.660 bits per heavy atom. The summed E-state index contributed by atoms with van der Waals surface area (Å²) in [4.78, 5) is 37.5. The van der Waals surface area contributed by atoms with Gasteiger partial charge in [0, 0.05) is 19.3 Å². The van der Waals surface area contributed by atoms with Crippen molar-refractivity contribution in [3.8, 4) is 0 Å². The van der Waals surface area contributed by atoms with Crippen molar-refractivity contribution in [1.29, 1.82) is 0 Å². The summed E-state index contributed by atoms with van der Waals surface area (Å²) in [6, 6.07) is 0. The van der Waals surface area contributed by atoms with Gasteiger partial charge in [0.15, 0.2) is 6.10 Å². The van der Waals surface area contributed by atoms with E-state index in [2.05, 4.69) is 34.6 Å². The van der Waals surface area contributed by atoms with E-state index in [1.54, 1.807) is 0 Å². The maximum atomic E-state index is 12.6. The van der Waals surface area contributed by atoms with E-state index in [1.165, 1.54) is 122 Å². The molecule has 0 N–H and O–H groups in total. The average Bonchev–Trinajstić information content (AvgIpc) is 3.08. The molecule has 296 valence electrons. The van der Waals surface area contributed by atoms with E-state index in [-0.39, 0.29) is 31.1 Å². The summed E-state index contributed by atoms with van der Waals surface area (Å²) < 4.78 is 16.6. The Morgan fingerprint density at radius 3 is 0.980 bits per heavy atom. The molecule has 6 heteroatoms. The fourth-order valence-corrected chi connectivity index (χ4v) is 6.40. The summed E-state index contributed by atoms with van der Waals surface area (Å²) in [6.45, 7) is 11.2. The third kappa shape index (κ3) is 37.7. The highest BCUT2D eigenvalue weighted by Crippen LogP contribution is 2.16.